The molecule has 19 heavy (non-hydrogen) atoms. The third-order valence-electron chi connectivity index (χ3n) is 3.23. The van der Waals surface area contributed by atoms with E-state index in [-0.39, 0.29) is 0 Å². The molecule has 2 N–H and O–H groups in total. The molecule has 1 aromatic carbocycles. The Morgan fingerprint density at radius 1 is 1.05 bits per heavy atom. The van der Waals surface area contributed by atoms with Crippen LogP contribution in [0.4, 0.5) is 0 Å². The van der Waals surface area contributed by atoms with Gasteiger partial charge in [-0.2, -0.15) is 0 Å². The molecule has 0 unspecified atom stereocenters. The predicted molar refractivity (Wildman–Crippen MR) is 75.6 cm³/mol. The summed E-state index contributed by atoms with van der Waals surface area (Å²) < 4.78 is 2.11. The van der Waals surface area contributed by atoms with Crippen LogP contribution in [0.3, 0.4) is 0 Å². The molecule has 0 aliphatic rings. The maximum Gasteiger partial charge on any atom is 0.160 e. The first-order valence-electron chi connectivity index (χ1n) is 6.42. The van der Waals surface area contributed by atoms with E-state index in [0.717, 1.165) is 30.0 Å². The van der Waals surface area contributed by atoms with E-state index >= 15 is 0 Å². The molecule has 3 rings (SSSR count). The summed E-state index contributed by atoms with van der Waals surface area (Å²) in [5.41, 5.74) is 8.91. The number of fused-ring (bicyclic) bond motifs is 1. The fraction of sp³-hybridized carbons (Fsp3) is 0.200. The number of imidazole rings is 1. The Morgan fingerprint density at radius 2 is 1.89 bits per heavy atom. The summed E-state index contributed by atoms with van der Waals surface area (Å²) in [5, 5.41) is 0. The van der Waals surface area contributed by atoms with Crippen molar-refractivity contribution in [2.75, 3.05) is 0 Å². The van der Waals surface area contributed by atoms with Crippen LogP contribution in [0.1, 0.15) is 11.4 Å². The number of rotatable bonds is 4. The summed E-state index contributed by atoms with van der Waals surface area (Å²) in [4.78, 5) is 8.93. The van der Waals surface area contributed by atoms with Crippen LogP contribution in [0, 0.1) is 0 Å². The van der Waals surface area contributed by atoms with Crippen molar-refractivity contribution in [1.29, 1.82) is 0 Å². The Morgan fingerprint density at radius 3 is 2.68 bits per heavy atom. The van der Waals surface area contributed by atoms with Crippen LogP contribution >= 0.6 is 0 Å². The van der Waals surface area contributed by atoms with Crippen molar-refractivity contribution in [3.63, 3.8) is 0 Å². The first kappa shape index (κ1) is 11.9. The topological polar surface area (TPSA) is 56.7 Å². The highest BCUT2D eigenvalue weighted by Crippen LogP contribution is 2.14. The summed E-state index contributed by atoms with van der Waals surface area (Å²) in [6.07, 6.45) is 2.75. The Kier molecular flexibility index (Phi) is 3.25. The minimum absolute atomic E-state index is 0.436. The van der Waals surface area contributed by atoms with Crippen molar-refractivity contribution >= 4 is 11.2 Å². The van der Waals surface area contributed by atoms with Gasteiger partial charge < -0.3 is 10.3 Å². The van der Waals surface area contributed by atoms with Crippen molar-refractivity contribution in [2.24, 2.45) is 5.73 Å². The van der Waals surface area contributed by atoms with Crippen LogP contribution in [-0.2, 0) is 19.5 Å². The summed E-state index contributed by atoms with van der Waals surface area (Å²) in [6.45, 7) is 1.29. The lowest BCUT2D eigenvalue weighted by Gasteiger charge is -2.07. The zero-order valence-electron chi connectivity index (χ0n) is 10.7. The first-order valence-corrected chi connectivity index (χ1v) is 6.42. The van der Waals surface area contributed by atoms with Gasteiger partial charge in [0.25, 0.3) is 0 Å². The van der Waals surface area contributed by atoms with Crippen LogP contribution < -0.4 is 5.73 Å². The monoisotopic (exact) mass is 252 g/mol. The number of hydrogen-bond acceptors (Lipinski definition) is 3. The molecule has 0 fully saturated rings. The van der Waals surface area contributed by atoms with Crippen molar-refractivity contribution in [3.05, 3.63) is 60.0 Å². The molecule has 0 aliphatic heterocycles. The number of nitrogens with zero attached hydrogens (tertiary/aromatic N) is 3. The molecule has 4 nitrogen and oxygen atoms in total. The van der Waals surface area contributed by atoms with Crippen LogP contribution in [0.15, 0.2) is 48.7 Å². The van der Waals surface area contributed by atoms with Gasteiger partial charge in [0.05, 0.1) is 6.54 Å². The normalized spacial score (nSPS) is 11.0. The second kappa shape index (κ2) is 5.20. The highest BCUT2D eigenvalue weighted by Gasteiger charge is 2.09. The standard InChI is InChI=1S/C15H16N4/c16-11-14-18-13-7-4-9-17-15(13)19(14)10-8-12-5-2-1-3-6-12/h1-7,9H,8,10-11,16H2. The van der Waals surface area contributed by atoms with Gasteiger partial charge in [0.1, 0.15) is 11.3 Å². The smallest absolute Gasteiger partial charge is 0.160 e. The number of aryl methyl sites for hydroxylation is 2. The summed E-state index contributed by atoms with van der Waals surface area (Å²) in [5.74, 6) is 0.893. The van der Waals surface area contributed by atoms with E-state index in [1.165, 1.54) is 5.56 Å². The third-order valence-corrected chi connectivity index (χ3v) is 3.23. The van der Waals surface area contributed by atoms with Gasteiger partial charge in [-0.3, -0.25) is 0 Å². The molecule has 2 heterocycles. The van der Waals surface area contributed by atoms with E-state index in [4.69, 9.17) is 5.73 Å². The molecule has 0 radical (unpaired) electrons. The molecule has 0 saturated heterocycles. The van der Waals surface area contributed by atoms with Gasteiger partial charge in [-0.05, 0) is 24.1 Å². The molecule has 2 aromatic heterocycles. The van der Waals surface area contributed by atoms with Crippen LogP contribution in [-0.4, -0.2) is 14.5 Å². The second-order valence-electron chi connectivity index (χ2n) is 4.47. The lowest BCUT2D eigenvalue weighted by molar-refractivity contribution is 0.664. The first-order chi connectivity index (χ1) is 9.38. The molecular weight excluding hydrogens is 236 g/mol. The molecule has 0 aliphatic carbocycles. The van der Waals surface area contributed by atoms with Gasteiger partial charge in [-0.1, -0.05) is 30.3 Å². The molecule has 96 valence electrons. The Labute approximate surface area is 111 Å². The molecule has 0 saturated carbocycles. The molecule has 3 aromatic rings. The maximum absolute atomic E-state index is 5.77. The zero-order valence-corrected chi connectivity index (χ0v) is 10.7. The van der Waals surface area contributed by atoms with Gasteiger partial charge in [-0.15, -0.1) is 0 Å². The Bertz CT molecular complexity index is 673. The number of hydrogen-bond donors (Lipinski definition) is 1. The highest BCUT2D eigenvalue weighted by molar-refractivity contribution is 5.71. The molecule has 0 bridgehead atoms. The van der Waals surface area contributed by atoms with E-state index in [0.29, 0.717) is 6.54 Å². The van der Waals surface area contributed by atoms with E-state index in [1.54, 1.807) is 6.20 Å². The molecular formula is C15H16N4. The zero-order chi connectivity index (χ0) is 13.1. The van der Waals surface area contributed by atoms with Crippen molar-refractivity contribution in [3.8, 4) is 0 Å². The predicted octanol–water partition coefficient (Wildman–Crippen LogP) is 2.13. The number of pyridine rings is 1. The summed E-state index contributed by atoms with van der Waals surface area (Å²) >= 11 is 0. The fourth-order valence-electron chi connectivity index (χ4n) is 2.28. The summed E-state index contributed by atoms with van der Waals surface area (Å²) in [6, 6.07) is 14.3. The molecule has 0 amide bonds. The second-order valence-corrected chi connectivity index (χ2v) is 4.47. The van der Waals surface area contributed by atoms with E-state index in [9.17, 15) is 0 Å². The molecule has 0 atom stereocenters. The maximum atomic E-state index is 5.77. The number of nitrogens with two attached hydrogens (primary N) is 1. The van der Waals surface area contributed by atoms with Crippen molar-refractivity contribution in [2.45, 2.75) is 19.5 Å². The number of aromatic nitrogens is 3. The van der Waals surface area contributed by atoms with Crippen molar-refractivity contribution in [1.82, 2.24) is 14.5 Å². The largest absolute Gasteiger partial charge is 0.324 e. The van der Waals surface area contributed by atoms with Crippen LogP contribution in [0.5, 0.6) is 0 Å². The quantitative estimate of drug-likeness (QED) is 0.774. The average Bonchev–Trinajstić information content (AvgIpc) is 2.84. The Hall–Kier alpha value is -2.20. The van der Waals surface area contributed by atoms with E-state index in [2.05, 4.69) is 38.8 Å². The van der Waals surface area contributed by atoms with Gasteiger partial charge >= 0.3 is 0 Å². The minimum Gasteiger partial charge on any atom is -0.324 e. The van der Waals surface area contributed by atoms with Gasteiger partial charge in [0.2, 0.25) is 0 Å². The van der Waals surface area contributed by atoms with Gasteiger partial charge in [-0.25, -0.2) is 9.97 Å². The number of benzene rings is 1. The van der Waals surface area contributed by atoms with Gasteiger partial charge in [0, 0.05) is 12.7 Å². The third kappa shape index (κ3) is 2.35. The fourth-order valence-corrected chi connectivity index (χ4v) is 2.28. The summed E-state index contributed by atoms with van der Waals surface area (Å²) in [7, 11) is 0. The molecule has 0 spiro atoms. The van der Waals surface area contributed by atoms with E-state index in [1.807, 2.05) is 18.2 Å². The lowest BCUT2D eigenvalue weighted by atomic mass is 10.1. The van der Waals surface area contributed by atoms with Crippen LogP contribution in [0.25, 0.3) is 11.2 Å². The van der Waals surface area contributed by atoms with Crippen molar-refractivity contribution < 1.29 is 0 Å². The molecule has 4 heteroatoms. The Balaban J connectivity index is 1.91. The SMILES string of the molecule is NCc1nc2cccnc2n1CCc1ccccc1. The average molecular weight is 252 g/mol. The lowest BCUT2D eigenvalue weighted by Crippen LogP contribution is -2.10. The van der Waals surface area contributed by atoms with Crippen LogP contribution in [0.2, 0.25) is 0 Å². The van der Waals surface area contributed by atoms with Gasteiger partial charge in [0.15, 0.2) is 5.65 Å². The minimum atomic E-state index is 0.436. The van der Waals surface area contributed by atoms with E-state index < -0.39 is 0 Å². The highest BCUT2D eigenvalue weighted by atomic mass is 15.1.